The van der Waals surface area contributed by atoms with Crippen LogP contribution in [0.25, 0.3) is 0 Å². The van der Waals surface area contributed by atoms with E-state index in [-0.39, 0.29) is 34.5 Å². The van der Waals surface area contributed by atoms with E-state index >= 15 is 0 Å². The first-order valence-corrected chi connectivity index (χ1v) is 14.1. The number of carbonyl (C=O) groups excluding carboxylic acids is 1. The Hall–Kier alpha value is -1.75. The summed E-state index contributed by atoms with van der Waals surface area (Å²) < 4.78 is 41.1. The molecule has 0 spiro atoms. The minimum Gasteiger partial charge on any atom is -0.377 e. The number of aromatic nitrogens is 1. The lowest BCUT2D eigenvalue weighted by Crippen LogP contribution is -2.53. The van der Waals surface area contributed by atoms with Crippen LogP contribution in [0, 0.1) is 6.92 Å². The smallest absolute Gasteiger partial charge is 0.247 e. The van der Waals surface area contributed by atoms with E-state index in [9.17, 15) is 13.2 Å². The van der Waals surface area contributed by atoms with Crippen molar-refractivity contribution in [2.45, 2.75) is 95.0 Å². The number of ether oxygens (including phenoxy) is 2. The number of rotatable bonds is 5. The lowest BCUT2D eigenvalue weighted by Gasteiger charge is -2.41. The Morgan fingerprint density at radius 1 is 1.14 bits per heavy atom. The Kier molecular flexibility index (Phi) is 7.48. The topological polar surface area (TPSA) is 92.3 Å². The zero-order valence-electron chi connectivity index (χ0n) is 21.9. The van der Waals surface area contributed by atoms with E-state index in [1.807, 2.05) is 25.7 Å². The Morgan fingerprint density at radius 3 is 2.46 bits per heavy atom. The summed E-state index contributed by atoms with van der Waals surface area (Å²) >= 11 is 0. The van der Waals surface area contributed by atoms with Gasteiger partial charge in [0.25, 0.3) is 0 Å². The highest BCUT2D eigenvalue weighted by Crippen LogP contribution is 2.35. The number of anilines is 1. The van der Waals surface area contributed by atoms with Gasteiger partial charge in [-0.15, -0.1) is 0 Å². The Balaban J connectivity index is 1.62. The fraction of sp³-hybridized carbons (Fsp3) is 0.760. The summed E-state index contributed by atoms with van der Waals surface area (Å²) in [5, 5.41) is 0. The van der Waals surface area contributed by atoms with Crippen LogP contribution in [-0.2, 0) is 24.3 Å². The minimum absolute atomic E-state index is 0.0142. The van der Waals surface area contributed by atoms with Gasteiger partial charge in [-0.05, 0) is 72.4 Å². The van der Waals surface area contributed by atoms with Crippen LogP contribution in [-0.4, -0.2) is 91.7 Å². The fourth-order valence-electron chi connectivity index (χ4n) is 5.45. The lowest BCUT2D eigenvalue weighted by atomic mass is 9.95. The maximum atomic E-state index is 14.1. The van der Waals surface area contributed by atoms with Gasteiger partial charge in [0.15, 0.2) is 0 Å². The van der Waals surface area contributed by atoms with E-state index in [2.05, 4.69) is 18.8 Å². The zero-order valence-corrected chi connectivity index (χ0v) is 22.7. The Morgan fingerprint density at radius 2 is 1.83 bits per heavy atom. The molecule has 1 aromatic rings. The molecule has 35 heavy (non-hydrogen) atoms. The van der Waals surface area contributed by atoms with Crippen LogP contribution in [0.5, 0.6) is 0 Å². The molecule has 4 rings (SSSR count). The zero-order chi connectivity index (χ0) is 25.5. The third-order valence-corrected chi connectivity index (χ3v) is 9.54. The summed E-state index contributed by atoms with van der Waals surface area (Å²) in [6.45, 7) is 11.8. The van der Waals surface area contributed by atoms with Crippen LogP contribution >= 0.6 is 0 Å². The van der Waals surface area contributed by atoms with Crippen LogP contribution in [0.1, 0.15) is 59.1 Å². The molecule has 0 unspecified atom stereocenters. The van der Waals surface area contributed by atoms with Gasteiger partial charge >= 0.3 is 0 Å². The van der Waals surface area contributed by atoms with E-state index in [0.717, 1.165) is 18.5 Å². The van der Waals surface area contributed by atoms with Gasteiger partial charge in [0.2, 0.25) is 15.9 Å². The number of hydrogen-bond donors (Lipinski definition) is 0. The van der Waals surface area contributed by atoms with Gasteiger partial charge in [-0.25, -0.2) is 13.4 Å². The third kappa shape index (κ3) is 5.21. The van der Waals surface area contributed by atoms with E-state index < -0.39 is 16.1 Å². The Bertz CT molecular complexity index is 1030. The van der Waals surface area contributed by atoms with Crippen molar-refractivity contribution in [2.75, 3.05) is 38.3 Å². The first kappa shape index (κ1) is 26.3. The van der Waals surface area contributed by atoms with E-state index in [0.29, 0.717) is 45.0 Å². The van der Waals surface area contributed by atoms with E-state index in [4.69, 9.17) is 9.47 Å². The summed E-state index contributed by atoms with van der Waals surface area (Å²) in [5.41, 5.74) is 0.560. The predicted molar refractivity (Wildman–Crippen MR) is 134 cm³/mol. The summed E-state index contributed by atoms with van der Waals surface area (Å²) in [4.78, 5) is 22.1. The molecule has 0 saturated carbocycles. The first-order chi connectivity index (χ1) is 16.4. The van der Waals surface area contributed by atoms with Crippen molar-refractivity contribution in [1.82, 2.24) is 14.2 Å². The summed E-state index contributed by atoms with van der Waals surface area (Å²) in [7, 11) is -2.18. The summed E-state index contributed by atoms with van der Waals surface area (Å²) in [6.07, 6.45) is 2.86. The van der Waals surface area contributed by atoms with Gasteiger partial charge in [0, 0.05) is 19.3 Å². The lowest BCUT2D eigenvalue weighted by molar-refractivity contribution is -0.143. The van der Waals surface area contributed by atoms with E-state index in [1.165, 1.54) is 4.31 Å². The molecule has 3 aliphatic heterocycles. The maximum Gasteiger partial charge on any atom is 0.247 e. The summed E-state index contributed by atoms with van der Waals surface area (Å²) in [5.74, 6) is 0.289. The molecule has 0 aromatic carbocycles. The first-order valence-electron chi connectivity index (χ1n) is 12.7. The maximum absolute atomic E-state index is 14.1. The third-order valence-electron chi connectivity index (χ3n) is 7.61. The normalized spacial score (nSPS) is 29.8. The second-order valence-corrected chi connectivity index (χ2v) is 12.8. The minimum atomic E-state index is -3.95. The molecule has 9 nitrogen and oxygen atoms in total. The molecular formula is C25H40N4O5S. The highest BCUT2D eigenvalue weighted by molar-refractivity contribution is 7.89. The number of amides is 1. The van der Waals surface area contributed by atoms with Crippen LogP contribution in [0.2, 0.25) is 0 Å². The number of nitrogens with zero attached hydrogens (tertiary/aromatic N) is 4. The van der Waals surface area contributed by atoms with Gasteiger partial charge in [0.1, 0.15) is 16.8 Å². The summed E-state index contributed by atoms with van der Waals surface area (Å²) in [6, 6.07) is 2.58. The molecule has 1 amide bonds. The average molecular weight is 509 g/mol. The van der Waals surface area contributed by atoms with Gasteiger partial charge in [-0.3, -0.25) is 4.79 Å². The molecule has 10 heteroatoms. The molecule has 3 fully saturated rings. The van der Waals surface area contributed by atoms with Gasteiger partial charge in [0.05, 0.1) is 43.5 Å². The largest absolute Gasteiger partial charge is 0.377 e. The van der Waals surface area contributed by atoms with Crippen LogP contribution in [0.3, 0.4) is 0 Å². The monoisotopic (exact) mass is 508 g/mol. The molecule has 1 aromatic heterocycles. The van der Waals surface area contributed by atoms with Crippen LogP contribution in [0.4, 0.5) is 5.82 Å². The van der Waals surface area contributed by atoms with Crippen molar-refractivity contribution in [2.24, 2.45) is 0 Å². The number of carbonyl (C=O) groups is 1. The standard InChI is InChI=1S/C25H40N4O5S/c1-17-9-10-22(23(26-17)29-18(2)14-33-15-19(29)3)35(31,32)28-13-7-8-21(28)24(30)27(6)20-11-12-25(4,5)34-16-20/h9-10,18-21H,7-8,11-16H2,1-6H3/t18-,19-,20+,21-/m0/s1. The molecule has 0 aliphatic carbocycles. The number of likely N-dealkylation sites (N-methyl/N-ethyl adjacent to an activating group) is 1. The van der Waals surface area contributed by atoms with Gasteiger partial charge in [-0.1, -0.05) is 0 Å². The van der Waals surface area contributed by atoms with Crippen LogP contribution in [0.15, 0.2) is 17.0 Å². The second kappa shape index (κ2) is 9.95. The number of morpholine rings is 1. The molecule has 196 valence electrons. The molecule has 3 saturated heterocycles. The van der Waals surface area contributed by atoms with Crippen molar-refractivity contribution in [3.05, 3.63) is 17.8 Å². The molecule has 4 atom stereocenters. The number of hydrogen-bond acceptors (Lipinski definition) is 7. The molecule has 0 radical (unpaired) electrons. The van der Waals surface area contributed by atoms with Crippen LogP contribution < -0.4 is 4.90 Å². The molecule has 0 bridgehead atoms. The highest BCUT2D eigenvalue weighted by Gasteiger charge is 2.44. The highest BCUT2D eigenvalue weighted by atomic mass is 32.2. The second-order valence-electron chi connectivity index (χ2n) is 10.9. The van der Waals surface area contributed by atoms with Crippen molar-refractivity contribution >= 4 is 21.7 Å². The quantitative estimate of drug-likeness (QED) is 0.604. The number of pyridine rings is 1. The fourth-order valence-corrected chi connectivity index (χ4v) is 7.23. The molecule has 3 aliphatic rings. The molecular weight excluding hydrogens is 468 g/mol. The average Bonchev–Trinajstić information content (AvgIpc) is 3.29. The van der Waals surface area contributed by atoms with Crippen molar-refractivity contribution in [3.8, 4) is 0 Å². The Labute approximate surface area is 209 Å². The van der Waals surface area contributed by atoms with Gasteiger partial charge < -0.3 is 19.3 Å². The van der Waals surface area contributed by atoms with Gasteiger partial charge in [-0.2, -0.15) is 4.31 Å². The number of sulfonamides is 1. The van der Waals surface area contributed by atoms with E-state index in [1.54, 1.807) is 24.1 Å². The van der Waals surface area contributed by atoms with Crippen molar-refractivity contribution in [3.63, 3.8) is 0 Å². The number of aryl methyl sites for hydroxylation is 1. The molecule has 0 N–H and O–H groups in total. The SMILES string of the molecule is Cc1ccc(S(=O)(=O)N2CCC[C@H]2C(=O)N(C)[C@@H]2CCC(C)(C)OC2)c(N2[C@@H](C)COC[C@@H]2C)n1. The molecule has 4 heterocycles. The van der Waals surface area contributed by atoms with Crippen molar-refractivity contribution < 1.29 is 22.7 Å². The predicted octanol–water partition coefficient (Wildman–Crippen LogP) is 2.57. The van der Waals surface area contributed by atoms with Crippen molar-refractivity contribution in [1.29, 1.82) is 0 Å².